The van der Waals surface area contributed by atoms with Crippen LogP contribution in [0.5, 0.6) is 0 Å². The van der Waals surface area contributed by atoms with Crippen molar-refractivity contribution in [3.63, 3.8) is 0 Å². The Balaban J connectivity index is 1.66. The van der Waals surface area contributed by atoms with Crippen molar-refractivity contribution in [3.8, 4) is 10.6 Å². The van der Waals surface area contributed by atoms with Gasteiger partial charge in [-0.2, -0.15) is 0 Å². The Morgan fingerprint density at radius 2 is 1.95 bits per heavy atom. The highest BCUT2D eigenvalue weighted by Crippen LogP contribution is 2.23. The standard InChI is InChI=1S/C15H13N3OS2/c1-10-8-21-15(16-10)18-13(19)7-12-9-20-14(17-12)11-5-3-2-4-6-11/h2-6,8-9H,7H2,1H3,(H,16,18,19). The Morgan fingerprint density at radius 3 is 2.67 bits per heavy atom. The monoisotopic (exact) mass is 315 g/mol. The highest BCUT2D eigenvalue weighted by molar-refractivity contribution is 7.14. The van der Waals surface area contributed by atoms with Crippen LogP contribution in [0.4, 0.5) is 5.13 Å². The summed E-state index contributed by atoms with van der Waals surface area (Å²) in [7, 11) is 0. The Labute approximate surface area is 130 Å². The maximum Gasteiger partial charge on any atom is 0.232 e. The van der Waals surface area contributed by atoms with Gasteiger partial charge >= 0.3 is 0 Å². The number of anilines is 1. The lowest BCUT2D eigenvalue weighted by Crippen LogP contribution is -2.14. The number of thiazole rings is 2. The minimum absolute atomic E-state index is 0.0886. The van der Waals surface area contributed by atoms with Gasteiger partial charge in [0.15, 0.2) is 5.13 Å². The van der Waals surface area contributed by atoms with E-state index in [1.807, 2.05) is 48.0 Å². The smallest absolute Gasteiger partial charge is 0.232 e. The Hall–Kier alpha value is -2.05. The summed E-state index contributed by atoms with van der Waals surface area (Å²) in [5.74, 6) is -0.0886. The van der Waals surface area contributed by atoms with Crippen LogP contribution in [-0.2, 0) is 11.2 Å². The van der Waals surface area contributed by atoms with Crippen LogP contribution in [0.3, 0.4) is 0 Å². The second-order valence-electron chi connectivity index (χ2n) is 4.53. The summed E-state index contributed by atoms with van der Waals surface area (Å²) in [6.07, 6.45) is 0.266. The van der Waals surface area contributed by atoms with Crippen LogP contribution in [0.1, 0.15) is 11.4 Å². The summed E-state index contributed by atoms with van der Waals surface area (Å²) in [5.41, 5.74) is 2.77. The molecule has 2 aromatic heterocycles. The first-order valence-corrected chi connectivity index (χ1v) is 8.18. The van der Waals surface area contributed by atoms with Crippen molar-refractivity contribution in [2.75, 3.05) is 5.32 Å². The third kappa shape index (κ3) is 3.53. The molecular weight excluding hydrogens is 302 g/mol. The van der Waals surface area contributed by atoms with Crippen molar-refractivity contribution >= 4 is 33.7 Å². The SMILES string of the molecule is Cc1csc(NC(=O)Cc2csc(-c3ccccc3)n2)n1. The average molecular weight is 315 g/mol. The number of carbonyl (C=O) groups excluding carboxylic acids is 1. The molecule has 0 aliphatic heterocycles. The van der Waals surface area contributed by atoms with Crippen molar-refractivity contribution in [2.24, 2.45) is 0 Å². The molecular formula is C15H13N3OS2. The predicted octanol–water partition coefficient (Wildman–Crippen LogP) is 3.76. The predicted molar refractivity (Wildman–Crippen MR) is 86.7 cm³/mol. The third-order valence-electron chi connectivity index (χ3n) is 2.78. The summed E-state index contributed by atoms with van der Waals surface area (Å²) in [6.45, 7) is 1.90. The van der Waals surface area contributed by atoms with Gasteiger partial charge in [0.1, 0.15) is 5.01 Å². The molecule has 0 fully saturated rings. The molecule has 106 valence electrons. The molecule has 0 bridgehead atoms. The first-order chi connectivity index (χ1) is 10.2. The zero-order chi connectivity index (χ0) is 14.7. The molecule has 0 atom stereocenters. The van der Waals surface area contributed by atoms with Gasteiger partial charge in [0.25, 0.3) is 0 Å². The van der Waals surface area contributed by atoms with Crippen LogP contribution < -0.4 is 5.32 Å². The van der Waals surface area contributed by atoms with E-state index >= 15 is 0 Å². The molecule has 6 heteroatoms. The van der Waals surface area contributed by atoms with E-state index in [4.69, 9.17) is 0 Å². The summed E-state index contributed by atoms with van der Waals surface area (Å²) >= 11 is 2.98. The number of rotatable bonds is 4. The number of hydrogen-bond acceptors (Lipinski definition) is 5. The van der Waals surface area contributed by atoms with E-state index < -0.39 is 0 Å². The van der Waals surface area contributed by atoms with E-state index in [1.165, 1.54) is 11.3 Å². The van der Waals surface area contributed by atoms with Crippen LogP contribution in [0.15, 0.2) is 41.1 Å². The van der Waals surface area contributed by atoms with Gasteiger partial charge in [-0.05, 0) is 6.92 Å². The molecule has 0 saturated carbocycles. The minimum Gasteiger partial charge on any atom is -0.302 e. The third-order valence-corrected chi connectivity index (χ3v) is 4.60. The quantitative estimate of drug-likeness (QED) is 0.797. The van der Waals surface area contributed by atoms with Crippen LogP contribution in [0.25, 0.3) is 10.6 Å². The fourth-order valence-electron chi connectivity index (χ4n) is 1.84. The first kappa shape index (κ1) is 13.9. The molecule has 0 aliphatic rings. The maximum atomic E-state index is 12.0. The van der Waals surface area contributed by atoms with Gasteiger partial charge in [0, 0.05) is 16.3 Å². The Kier molecular flexibility index (Phi) is 4.08. The van der Waals surface area contributed by atoms with E-state index in [0.29, 0.717) is 5.13 Å². The number of aromatic nitrogens is 2. The summed E-state index contributed by atoms with van der Waals surface area (Å²) in [6, 6.07) is 9.96. The zero-order valence-electron chi connectivity index (χ0n) is 11.4. The van der Waals surface area contributed by atoms with Crippen LogP contribution in [-0.4, -0.2) is 15.9 Å². The van der Waals surface area contributed by atoms with Gasteiger partial charge in [0.2, 0.25) is 5.91 Å². The van der Waals surface area contributed by atoms with Gasteiger partial charge < -0.3 is 5.32 Å². The second-order valence-corrected chi connectivity index (χ2v) is 6.25. The van der Waals surface area contributed by atoms with E-state index in [-0.39, 0.29) is 12.3 Å². The normalized spacial score (nSPS) is 10.5. The number of aryl methyl sites for hydroxylation is 1. The average Bonchev–Trinajstić information content (AvgIpc) is 3.09. The fourth-order valence-corrected chi connectivity index (χ4v) is 3.37. The number of benzene rings is 1. The van der Waals surface area contributed by atoms with E-state index in [2.05, 4.69) is 15.3 Å². The number of nitrogens with one attached hydrogen (secondary N) is 1. The molecule has 1 aromatic carbocycles. The van der Waals surface area contributed by atoms with Gasteiger partial charge in [-0.15, -0.1) is 22.7 Å². The highest BCUT2D eigenvalue weighted by atomic mass is 32.1. The van der Waals surface area contributed by atoms with Gasteiger partial charge in [-0.1, -0.05) is 30.3 Å². The Morgan fingerprint density at radius 1 is 1.14 bits per heavy atom. The summed E-state index contributed by atoms with van der Waals surface area (Å²) < 4.78 is 0. The molecule has 3 aromatic rings. The van der Waals surface area contributed by atoms with Crippen LogP contribution in [0.2, 0.25) is 0 Å². The van der Waals surface area contributed by atoms with Gasteiger partial charge in [0.05, 0.1) is 17.8 Å². The van der Waals surface area contributed by atoms with E-state index in [9.17, 15) is 4.79 Å². The lowest BCUT2D eigenvalue weighted by molar-refractivity contribution is -0.115. The molecule has 3 rings (SSSR count). The first-order valence-electron chi connectivity index (χ1n) is 6.42. The summed E-state index contributed by atoms with van der Waals surface area (Å²) in [5, 5.41) is 8.20. The zero-order valence-corrected chi connectivity index (χ0v) is 13.0. The van der Waals surface area contributed by atoms with Crippen molar-refractivity contribution < 1.29 is 4.79 Å². The number of amides is 1. The minimum atomic E-state index is -0.0886. The summed E-state index contributed by atoms with van der Waals surface area (Å²) in [4.78, 5) is 20.7. The lowest BCUT2D eigenvalue weighted by atomic mass is 10.2. The number of hydrogen-bond donors (Lipinski definition) is 1. The van der Waals surface area contributed by atoms with Crippen LogP contribution in [0, 0.1) is 6.92 Å². The van der Waals surface area contributed by atoms with E-state index in [0.717, 1.165) is 22.0 Å². The van der Waals surface area contributed by atoms with Crippen molar-refractivity contribution in [3.05, 3.63) is 52.5 Å². The van der Waals surface area contributed by atoms with Gasteiger partial charge in [-0.3, -0.25) is 4.79 Å². The molecule has 1 N–H and O–H groups in total. The van der Waals surface area contributed by atoms with Crippen LogP contribution >= 0.6 is 22.7 Å². The van der Waals surface area contributed by atoms with E-state index in [1.54, 1.807) is 11.3 Å². The fraction of sp³-hybridized carbons (Fsp3) is 0.133. The van der Waals surface area contributed by atoms with Crippen molar-refractivity contribution in [2.45, 2.75) is 13.3 Å². The second kappa shape index (κ2) is 6.15. The molecule has 2 heterocycles. The molecule has 21 heavy (non-hydrogen) atoms. The molecule has 0 spiro atoms. The largest absolute Gasteiger partial charge is 0.302 e. The topological polar surface area (TPSA) is 54.9 Å². The highest BCUT2D eigenvalue weighted by Gasteiger charge is 2.10. The maximum absolute atomic E-state index is 12.0. The molecule has 4 nitrogen and oxygen atoms in total. The number of nitrogens with zero attached hydrogens (tertiary/aromatic N) is 2. The van der Waals surface area contributed by atoms with Crippen molar-refractivity contribution in [1.29, 1.82) is 0 Å². The molecule has 0 saturated heterocycles. The molecule has 0 radical (unpaired) electrons. The van der Waals surface area contributed by atoms with Gasteiger partial charge in [-0.25, -0.2) is 9.97 Å². The lowest BCUT2D eigenvalue weighted by Gasteiger charge is -1.99. The Bertz CT molecular complexity index is 749. The number of carbonyl (C=O) groups is 1. The molecule has 1 amide bonds. The molecule has 0 unspecified atom stereocenters. The van der Waals surface area contributed by atoms with Crippen molar-refractivity contribution in [1.82, 2.24) is 9.97 Å². The molecule has 0 aliphatic carbocycles.